The van der Waals surface area contributed by atoms with Crippen LogP contribution in [0.25, 0.3) is 0 Å². The summed E-state index contributed by atoms with van der Waals surface area (Å²) in [5.41, 5.74) is 0.128. The highest BCUT2D eigenvalue weighted by atomic mass is 35.5. The summed E-state index contributed by atoms with van der Waals surface area (Å²) in [5, 5.41) is 3.43. The fourth-order valence-electron chi connectivity index (χ4n) is 4.89. The Morgan fingerprint density at radius 2 is 1.87 bits per heavy atom. The number of piperidine rings is 2. The summed E-state index contributed by atoms with van der Waals surface area (Å²) in [6.45, 7) is 5.24. The Kier molecular flexibility index (Phi) is 6.23. The Morgan fingerprint density at radius 1 is 1.22 bits per heavy atom. The average molecular weight is 367 g/mol. The summed E-state index contributed by atoms with van der Waals surface area (Å²) >= 11 is 0. The quantitative estimate of drug-likeness (QED) is 0.750. The van der Waals surface area contributed by atoms with Gasteiger partial charge in [0, 0.05) is 25.7 Å². The molecule has 0 bridgehead atoms. The highest BCUT2D eigenvalue weighted by Gasteiger charge is 2.61. The van der Waals surface area contributed by atoms with Gasteiger partial charge < -0.3 is 14.8 Å². The fraction of sp³-hybridized carbons (Fsp3) is 0.938. The minimum atomic E-state index is 0. The van der Waals surface area contributed by atoms with E-state index in [0.717, 1.165) is 52.0 Å². The highest BCUT2D eigenvalue weighted by Crippen LogP contribution is 2.53. The molecule has 0 aromatic rings. The topological polar surface area (TPSA) is 50.8 Å². The second-order valence-electron chi connectivity index (χ2n) is 7.26. The lowest BCUT2D eigenvalue weighted by Gasteiger charge is -2.46. The monoisotopic (exact) mass is 366 g/mol. The molecule has 2 unspecified atom stereocenters. The molecule has 3 heterocycles. The molecule has 4 atom stereocenters. The summed E-state index contributed by atoms with van der Waals surface area (Å²) < 4.78 is 11.1. The average Bonchev–Trinajstić information content (AvgIpc) is 3.01. The molecule has 23 heavy (non-hydrogen) atoms. The van der Waals surface area contributed by atoms with Crippen LogP contribution in [0.5, 0.6) is 0 Å². The molecule has 4 rings (SSSR count). The van der Waals surface area contributed by atoms with Crippen LogP contribution < -0.4 is 5.32 Å². The number of methoxy groups -OCH3 is 1. The van der Waals surface area contributed by atoms with Crippen LogP contribution in [0.2, 0.25) is 0 Å². The third-order valence-corrected chi connectivity index (χ3v) is 6.19. The normalized spacial score (nSPS) is 38.1. The predicted molar refractivity (Wildman–Crippen MR) is 92.4 cm³/mol. The van der Waals surface area contributed by atoms with E-state index in [9.17, 15) is 4.79 Å². The van der Waals surface area contributed by atoms with Gasteiger partial charge in [0.1, 0.15) is 0 Å². The molecule has 0 aromatic heterocycles. The molecule has 1 aliphatic carbocycles. The van der Waals surface area contributed by atoms with E-state index in [0.29, 0.717) is 17.9 Å². The van der Waals surface area contributed by atoms with Crippen molar-refractivity contribution in [2.75, 3.05) is 39.9 Å². The zero-order valence-corrected chi connectivity index (χ0v) is 15.3. The molecular weight excluding hydrogens is 339 g/mol. The summed E-state index contributed by atoms with van der Waals surface area (Å²) in [7, 11) is 1.51. The Hall–Kier alpha value is -0.0700. The van der Waals surface area contributed by atoms with Gasteiger partial charge >= 0.3 is 5.97 Å². The van der Waals surface area contributed by atoms with Crippen LogP contribution in [-0.2, 0) is 14.3 Å². The lowest BCUT2D eigenvalue weighted by Crippen LogP contribution is -2.53. The van der Waals surface area contributed by atoms with Crippen molar-refractivity contribution in [1.29, 1.82) is 0 Å². The third kappa shape index (κ3) is 3.49. The Bertz CT molecular complexity index is 414. The fourth-order valence-corrected chi connectivity index (χ4v) is 4.89. The molecule has 0 aromatic carbocycles. The highest BCUT2D eigenvalue weighted by molar-refractivity contribution is 5.85. The molecular formula is C16H28Cl2N2O3. The van der Waals surface area contributed by atoms with E-state index in [1.165, 1.54) is 13.5 Å². The van der Waals surface area contributed by atoms with E-state index in [1.54, 1.807) is 0 Å². The summed E-state index contributed by atoms with van der Waals surface area (Å²) in [6, 6.07) is 0.656. The summed E-state index contributed by atoms with van der Waals surface area (Å²) in [5.74, 6) is 1.32. The van der Waals surface area contributed by atoms with E-state index in [4.69, 9.17) is 9.47 Å². The van der Waals surface area contributed by atoms with Gasteiger partial charge in [0.15, 0.2) is 0 Å². The second-order valence-corrected chi connectivity index (χ2v) is 7.26. The number of nitrogens with zero attached hydrogens (tertiary/aromatic N) is 1. The lowest BCUT2D eigenvalue weighted by molar-refractivity contribution is -0.144. The number of carbonyl (C=O) groups excluding carboxylic acids is 1. The van der Waals surface area contributed by atoms with E-state index < -0.39 is 0 Å². The number of carbonyl (C=O) groups is 1. The van der Waals surface area contributed by atoms with Crippen molar-refractivity contribution in [2.45, 2.75) is 37.3 Å². The molecule has 1 saturated carbocycles. The van der Waals surface area contributed by atoms with Crippen LogP contribution in [0.4, 0.5) is 0 Å². The number of nitrogens with one attached hydrogen (secondary N) is 1. The molecule has 0 amide bonds. The minimum Gasteiger partial charge on any atom is -0.469 e. The van der Waals surface area contributed by atoms with Crippen molar-refractivity contribution < 1.29 is 14.3 Å². The van der Waals surface area contributed by atoms with Crippen LogP contribution >= 0.6 is 24.8 Å². The molecule has 4 aliphatic rings. The Balaban J connectivity index is 0.000000960. The number of halogens is 2. The maximum Gasteiger partial charge on any atom is 0.309 e. The van der Waals surface area contributed by atoms with E-state index in [-0.39, 0.29) is 42.3 Å². The van der Waals surface area contributed by atoms with E-state index >= 15 is 0 Å². The summed E-state index contributed by atoms with van der Waals surface area (Å²) in [4.78, 5) is 14.3. The minimum absolute atomic E-state index is 0. The molecule has 4 fully saturated rings. The molecule has 3 saturated heterocycles. The number of hydrogen-bond acceptors (Lipinski definition) is 5. The first kappa shape index (κ1) is 19.3. The first-order valence-electron chi connectivity index (χ1n) is 8.39. The zero-order chi connectivity index (χ0) is 14.4. The van der Waals surface area contributed by atoms with Gasteiger partial charge in [-0.3, -0.25) is 9.69 Å². The van der Waals surface area contributed by atoms with Crippen molar-refractivity contribution in [2.24, 2.45) is 17.8 Å². The van der Waals surface area contributed by atoms with Crippen LogP contribution in [0.3, 0.4) is 0 Å². The molecule has 7 heteroatoms. The largest absolute Gasteiger partial charge is 0.469 e. The van der Waals surface area contributed by atoms with Gasteiger partial charge in [-0.2, -0.15) is 0 Å². The number of rotatable bonds is 2. The first-order valence-corrected chi connectivity index (χ1v) is 8.39. The lowest BCUT2D eigenvalue weighted by atomic mass is 9.82. The first-order chi connectivity index (χ1) is 10.2. The van der Waals surface area contributed by atoms with Gasteiger partial charge in [-0.25, -0.2) is 0 Å². The van der Waals surface area contributed by atoms with Crippen molar-refractivity contribution in [3.63, 3.8) is 0 Å². The van der Waals surface area contributed by atoms with Crippen molar-refractivity contribution >= 4 is 30.8 Å². The zero-order valence-electron chi connectivity index (χ0n) is 13.7. The van der Waals surface area contributed by atoms with Gasteiger partial charge in [0.25, 0.3) is 0 Å². The second kappa shape index (κ2) is 7.44. The smallest absolute Gasteiger partial charge is 0.309 e. The number of ether oxygens (including phenoxy) is 2. The van der Waals surface area contributed by atoms with Crippen LogP contribution in [0.15, 0.2) is 0 Å². The number of likely N-dealkylation sites (tertiary alicyclic amines) is 1. The number of hydrogen-bond donors (Lipinski definition) is 1. The molecule has 3 aliphatic heterocycles. The maximum absolute atomic E-state index is 11.6. The van der Waals surface area contributed by atoms with Gasteiger partial charge in [-0.1, -0.05) is 0 Å². The van der Waals surface area contributed by atoms with Crippen molar-refractivity contribution in [3.8, 4) is 0 Å². The standard InChI is InChI=1S/C16H26N2O3.2ClH/c1-20-15(19)14-12-9-18(10-13(12)14)11-2-7-21-16(8-11)3-5-17-6-4-16;;/h11-14,17H,2-10H2,1H3;2*1H/t11?,12-,13+,14?;;. The third-order valence-electron chi connectivity index (χ3n) is 6.19. The number of fused-ring (bicyclic) bond motifs is 1. The van der Waals surface area contributed by atoms with Crippen molar-refractivity contribution in [3.05, 3.63) is 0 Å². The Morgan fingerprint density at radius 3 is 2.48 bits per heavy atom. The molecule has 1 N–H and O–H groups in total. The van der Waals surface area contributed by atoms with Crippen LogP contribution in [0, 0.1) is 17.8 Å². The van der Waals surface area contributed by atoms with Crippen LogP contribution in [0.1, 0.15) is 25.7 Å². The van der Waals surface area contributed by atoms with E-state index in [1.807, 2.05) is 0 Å². The van der Waals surface area contributed by atoms with Gasteiger partial charge in [0.2, 0.25) is 0 Å². The molecule has 134 valence electrons. The van der Waals surface area contributed by atoms with Crippen LogP contribution in [-0.4, -0.2) is 62.4 Å². The van der Waals surface area contributed by atoms with Gasteiger partial charge in [0.05, 0.1) is 18.6 Å². The van der Waals surface area contributed by atoms with Crippen molar-refractivity contribution in [1.82, 2.24) is 10.2 Å². The molecule has 1 spiro atoms. The maximum atomic E-state index is 11.6. The summed E-state index contributed by atoms with van der Waals surface area (Å²) in [6.07, 6.45) is 4.62. The molecule has 0 radical (unpaired) electrons. The number of esters is 1. The predicted octanol–water partition coefficient (Wildman–Crippen LogP) is 1.48. The SMILES string of the molecule is COC(=O)C1[C@H]2CN(C3CCOC4(CCNCC4)C3)C[C@@H]12.Cl.Cl. The molecule has 5 nitrogen and oxygen atoms in total. The Labute approximate surface area is 150 Å². The van der Waals surface area contributed by atoms with E-state index in [2.05, 4.69) is 10.2 Å². The van der Waals surface area contributed by atoms with Gasteiger partial charge in [-0.05, 0) is 50.6 Å². The van der Waals surface area contributed by atoms with Gasteiger partial charge in [-0.15, -0.1) is 24.8 Å².